The topological polar surface area (TPSA) is 127 Å². The first-order valence-corrected chi connectivity index (χ1v) is 8.78. The van der Waals surface area contributed by atoms with Gasteiger partial charge in [0.15, 0.2) is 0 Å². The van der Waals surface area contributed by atoms with E-state index in [-0.39, 0.29) is 13.0 Å². The van der Waals surface area contributed by atoms with E-state index in [0.29, 0.717) is 11.3 Å². The van der Waals surface area contributed by atoms with Gasteiger partial charge in [0.2, 0.25) is 0 Å². The number of rotatable bonds is 9. The molecule has 0 bridgehead atoms. The number of alkyl carbamates (subject to hydrolysis) is 1. The molecule has 1 atom stereocenters. The monoisotopic (exact) mass is 403 g/mol. The summed E-state index contributed by atoms with van der Waals surface area (Å²) in [5.74, 6) is -1.33. The Hall–Kier alpha value is -3.45. The third-order valence-corrected chi connectivity index (χ3v) is 3.49. The summed E-state index contributed by atoms with van der Waals surface area (Å²) in [6.45, 7) is 8.34. The van der Waals surface area contributed by atoms with Crippen molar-refractivity contribution in [3.8, 4) is 5.75 Å². The minimum absolute atomic E-state index is 0.150. The Morgan fingerprint density at radius 2 is 1.86 bits per heavy atom. The quantitative estimate of drug-likeness (QED) is 0.169. The summed E-state index contributed by atoms with van der Waals surface area (Å²) >= 11 is 0. The van der Waals surface area contributed by atoms with Crippen molar-refractivity contribution in [3.05, 3.63) is 48.0 Å². The van der Waals surface area contributed by atoms with Gasteiger partial charge < -0.3 is 25.1 Å². The number of ketones is 1. The van der Waals surface area contributed by atoms with E-state index in [4.69, 9.17) is 19.7 Å². The molecule has 0 spiro atoms. The molecule has 0 aromatic heterocycles. The predicted molar refractivity (Wildman–Crippen MR) is 105 cm³/mol. The van der Waals surface area contributed by atoms with Gasteiger partial charge in [-0.2, -0.15) is 4.79 Å². The second kappa shape index (κ2) is 10.8. The largest absolute Gasteiger partial charge is 0.497 e. The standard InChI is InChI=1S/C20H25N3O6/c1-6-11-28-18(25)17(23-21)16(24)12-15(22-19(26)29-20(2,3)4)13-7-9-14(27-5)10-8-13/h6-10,15H,1,11-12H2,2-5H3,(H,22,26)/t15-/m1/s1. The molecular formula is C20H25N3O6. The SMILES string of the molecule is C=CCOC(=O)C(=[N+]=[N-])C(=O)C[C@@H](NC(=O)OC(C)(C)C)c1ccc(OC)cc1. The molecule has 0 aliphatic carbocycles. The van der Waals surface area contributed by atoms with Crippen molar-refractivity contribution in [3.63, 3.8) is 0 Å². The van der Waals surface area contributed by atoms with Crippen molar-refractivity contribution in [1.29, 1.82) is 0 Å². The van der Waals surface area contributed by atoms with Crippen LogP contribution in [0.2, 0.25) is 0 Å². The number of ether oxygens (including phenoxy) is 3. The van der Waals surface area contributed by atoms with Crippen LogP contribution in [0.4, 0.5) is 4.79 Å². The van der Waals surface area contributed by atoms with Crippen molar-refractivity contribution in [2.75, 3.05) is 13.7 Å². The van der Waals surface area contributed by atoms with E-state index in [0.717, 1.165) is 0 Å². The van der Waals surface area contributed by atoms with Gasteiger partial charge in [-0.15, -0.1) is 0 Å². The molecule has 1 amide bonds. The van der Waals surface area contributed by atoms with Crippen LogP contribution in [0, 0.1) is 0 Å². The maximum atomic E-state index is 12.5. The third-order valence-electron chi connectivity index (χ3n) is 3.49. The first kappa shape index (κ1) is 23.6. The molecule has 0 saturated heterocycles. The molecule has 1 aromatic rings. The van der Waals surface area contributed by atoms with E-state index in [1.807, 2.05) is 0 Å². The molecule has 0 aliphatic rings. The smallest absolute Gasteiger partial charge is 0.441 e. The summed E-state index contributed by atoms with van der Waals surface area (Å²) in [5, 5.41) is 2.59. The number of carbonyl (C=O) groups excluding carboxylic acids is 3. The number of nitrogens with one attached hydrogen (secondary N) is 1. The zero-order valence-corrected chi connectivity index (χ0v) is 16.9. The molecule has 156 valence electrons. The summed E-state index contributed by atoms with van der Waals surface area (Å²) < 4.78 is 15.1. The van der Waals surface area contributed by atoms with Crippen LogP contribution >= 0.6 is 0 Å². The van der Waals surface area contributed by atoms with E-state index >= 15 is 0 Å². The highest BCUT2D eigenvalue weighted by Gasteiger charge is 2.34. The number of hydrogen-bond donors (Lipinski definition) is 1. The van der Waals surface area contributed by atoms with Crippen LogP contribution in [0.15, 0.2) is 36.9 Å². The van der Waals surface area contributed by atoms with E-state index in [1.165, 1.54) is 13.2 Å². The first-order chi connectivity index (χ1) is 13.6. The van der Waals surface area contributed by atoms with Gasteiger partial charge in [-0.1, -0.05) is 24.8 Å². The second-order valence-electron chi connectivity index (χ2n) is 6.94. The highest BCUT2D eigenvalue weighted by Crippen LogP contribution is 2.22. The number of nitrogens with zero attached hydrogens (tertiary/aromatic N) is 2. The Labute approximate surface area is 169 Å². The van der Waals surface area contributed by atoms with Crippen LogP contribution in [-0.4, -0.2) is 47.7 Å². The number of benzene rings is 1. The second-order valence-corrected chi connectivity index (χ2v) is 6.94. The van der Waals surface area contributed by atoms with Crippen LogP contribution in [0.5, 0.6) is 5.75 Å². The Balaban J connectivity index is 3.07. The number of carbonyl (C=O) groups is 3. The maximum Gasteiger partial charge on any atom is 0.441 e. The number of amides is 1. The molecule has 0 heterocycles. The van der Waals surface area contributed by atoms with Gasteiger partial charge in [0, 0.05) is 6.42 Å². The molecule has 1 N–H and O–H groups in total. The summed E-state index contributed by atoms with van der Waals surface area (Å²) in [6.07, 6.45) is 0.193. The first-order valence-electron chi connectivity index (χ1n) is 8.78. The summed E-state index contributed by atoms with van der Waals surface area (Å²) in [4.78, 5) is 39.4. The molecule has 9 heteroatoms. The lowest BCUT2D eigenvalue weighted by Crippen LogP contribution is -2.37. The molecule has 29 heavy (non-hydrogen) atoms. The summed E-state index contributed by atoms with van der Waals surface area (Å²) in [7, 11) is 1.51. The van der Waals surface area contributed by atoms with Gasteiger partial charge in [0.05, 0.1) is 13.2 Å². The minimum Gasteiger partial charge on any atom is -0.497 e. The summed E-state index contributed by atoms with van der Waals surface area (Å²) in [6, 6.07) is 5.76. The molecule has 1 rings (SSSR count). The van der Waals surface area contributed by atoms with E-state index < -0.39 is 35.2 Å². The predicted octanol–water partition coefficient (Wildman–Crippen LogP) is 2.62. The Bertz CT molecular complexity index is 805. The van der Waals surface area contributed by atoms with Gasteiger partial charge in [-0.25, -0.2) is 9.59 Å². The maximum absolute atomic E-state index is 12.5. The Morgan fingerprint density at radius 3 is 2.34 bits per heavy atom. The van der Waals surface area contributed by atoms with Crippen molar-refractivity contribution in [2.24, 2.45) is 0 Å². The fourth-order valence-corrected chi connectivity index (χ4v) is 2.23. The van der Waals surface area contributed by atoms with Crippen LogP contribution in [-0.2, 0) is 19.1 Å². The molecule has 9 nitrogen and oxygen atoms in total. The van der Waals surface area contributed by atoms with Crippen LogP contribution < -0.4 is 10.1 Å². The molecule has 1 aromatic carbocycles. The van der Waals surface area contributed by atoms with E-state index in [1.54, 1.807) is 45.0 Å². The number of methoxy groups -OCH3 is 1. The highest BCUT2D eigenvalue weighted by molar-refractivity contribution is 6.62. The van der Waals surface area contributed by atoms with E-state index in [2.05, 4.69) is 16.7 Å². The lowest BCUT2D eigenvalue weighted by molar-refractivity contribution is -0.141. The minimum atomic E-state index is -1.09. The highest BCUT2D eigenvalue weighted by atomic mass is 16.6. The molecule has 0 radical (unpaired) electrons. The van der Waals surface area contributed by atoms with Gasteiger partial charge in [-0.05, 0) is 38.5 Å². The fraction of sp³-hybridized carbons (Fsp3) is 0.400. The molecule has 0 aliphatic heterocycles. The average molecular weight is 403 g/mol. The average Bonchev–Trinajstić information content (AvgIpc) is 2.65. The van der Waals surface area contributed by atoms with Gasteiger partial charge >= 0.3 is 17.8 Å². The normalized spacial score (nSPS) is 11.4. The number of esters is 1. The van der Waals surface area contributed by atoms with Gasteiger partial charge in [0.25, 0.3) is 5.78 Å². The van der Waals surface area contributed by atoms with E-state index in [9.17, 15) is 14.4 Å². The van der Waals surface area contributed by atoms with Crippen LogP contribution in [0.1, 0.15) is 38.8 Å². The lowest BCUT2D eigenvalue weighted by Gasteiger charge is -2.23. The van der Waals surface area contributed by atoms with Crippen molar-refractivity contribution < 1.29 is 33.4 Å². The number of Topliss-reactive ketones (excluding diaryl/α,β-unsaturated/α-hetero) is 1. The van der Waals surface area contributed by atoms with Crippen molar-refractivity contribution in [2.45, 2.75) is 38.8 Å². The van der Waals surface area contributed by atoms with Crippen molar-refractivity contribution in [1.82, 2.24) is 5.32 Å². The lowest BCUT2D eigenvalue weighted by atomic mass is 9.99. The Kier molecular flexibility index (Phi) is 8.76. The third kappa shape index (κ3) is 7.98. The fourth-order valence-electron chi connectivity index (χ4n) is 2.23. The zero-order valence-electron chi connectivity index (χ0n) is 16.9. The van der Waals surface area contributed by atoms with Crippen molar-refractivity contribution >= 4 is 23.6 Å². The molecule has 0 saturated carbocycles. The van der Waals surface area contributed by atoms with Gasteiger partial charge in [-0.3, -0.25) is 4.79 Å². The molecule has 0 unspecified atom stereocenters. The van der Waals surface area contributed by atoms with Gasteiger partial charge in [0.1, 0.15) is 18.0 Å². The summed E-state index contributed by atoms with van der Waals surface area (Å²) in [5.41, 5.74) is 8.10. The van der Waals surface area contributed by atoms with Crippen LogP contribution in [0.3, 0.4) is 0 Å². The number of hydrogen-bond acceptors (Lipinski definition) is 6. The molecule has 0 fully saturated rings. The van der Waals surface area contributed by atoms with Crippen LogP contribution in [0.25, 0.3) is 5.53 Å². The Morgan fingerprint density at radius 1 is 1.24 bits per heavy atom. The molecular weight excluding hydrogens is 378 g/mol. The zero-order chi connectivity index (χ0) is 22.0.